The molecule has 9 nitrogen and oxygen atoms in total. The largest absolute Gasteiger partial charge is 0.419 e. The van der Waals surface area contributed by atoms with E-state index in [9.17, 15) is 18.0 Å². The fraction of sp³-hybridized carbons (Fsp3) is 0.440. The molecule has 0 saturated carbocycles. The molecular formula is C25H27F3N6O3. The van der Waals surface area contributed by atoms with Crippen LogP contribution in [0.5, 0.6) is 0 Å². The van der Waals surface area contributed by atoms with Crippen molar-refractivity contribution in [2.45, 2.75) is 44.5 Å². The van der Waals surface area contributed by atoms with Crippen LogP contribution in [0.1, 0.15) is 38.3 Å². The van der Waals surface area contributed by atoms with Crippen molar-refractivity contribution >= 4 is 23.2 Å². The summed E-state index contributed by atoms with van der Waals surface area (Å²) in [5.74, 6) is -0.129. The number of hydrogen-bond acceptors (Lipinski definition) is 7. The minimum Gasteiger partial charge on any atom is -0.381 e. The minimum absolute atomic E-state index is 0.000278. The monoisotopic (exact) mass is 516 g/mol. The first-order chi connectivity index (χ1) is 17.6. The van der Waals surface area contributed by atoms with Crippen LogP contribution in [0.25, 0.3) is 11.3 Å². The molecular weight excluding hydrogens is 489 g/mol. The van der Waals surface area contributed by atoms with Gasteiger partial charge in [0.2, 0.25) is 5.95 Å². The van der Waals surface area contributed by atoms with Crippen molar-refractivity contribution in [2.75, 3.05) is 36.6 Å². The van der Waals surface area contributed by atoms with E-state index in [4.69, 9.17) is 9.47 Å². The number of carbonyl (C=O) groups is 1. The zero-order chi connectivity index (χ0) is 26.2. The first-order valence-electron chi connectivity index (χ1n) is 12.0. The summed E-state index contributed by atoms with van der Waals surface area (Å²) in [4.78, 5) is 22.1. The number of rotatable bonds is 5. The molecule has 12 heteroatoms. The Hall–Kier alpha value is -3.51. The van der Waals surface area contributed by atoms with Crippen LogP contribution in [-0.4, -0.2) is 57.6 Å². The number of halogens is 3. The van der Waals surface area contributed by atoms with Crippen LogP contribution < -0.4 is 10.2 Å². The van der Waals surface area contributed by atoms with Gasteiger partial charge in [0.05, 0.1) is 30.1 Å². The number of carbonyl (C=O) groups excluding carboxylic acids is 1. The van der Waals surface area contributed by atoms with Crippen molar-refractivity contribution in [2.24, 2.45) is 0 Å². The van der Waals surface area contributed by atoms with Gasteiger partial charge in [-0.25, -0.2) is 9.97 Å². The lowest BCUT2D eigenvalue weighted by Gasteiger charge is -2.37. The Labute approximate surface area is 211 Å². The van der Waals surface area contributed by atoms with Gasteiger partial charge in [-0.3, -0.25) is 9.48 Å². The second kappa shape index (κ2) is 9.75. The number of nitrogens with zero attached hydrogens (tertiary/aromatic N) is 5. The lowest BCUT2D eigenvalue weighted by atomic mass is 10.1. The Balaban J connectivity index is 1.38. The molecule has 3 aromatic rings. The van der Waals surface area contributed by atoms with Crippen LogP contribution in [0.3, 0.4) is 0 Å². The van der Waals surface area contributed by atoms with Crippen LogP contribution in [0.4, 0.5) is 30.5 Å². The number of alkyl halides is 3. The van der Waals surface area contributed by atoms with E-state index in [1.54, 1.807) is 40.0 Å². The lowest BCUT2D eigenvalue weighted by Crippen LogP contribution is -2.51. The summed E-state index contributed by atoms with van der Waals surface area (Å²) in [5, 5.41) is 7.25. The summed E-state index contributed by atoms with van der Waals surface area (Å²) >= 11 is 0. The molecule has 2 fully saturated rings. The van der Waals surface area contributed by atoms with E-state index in [1.165, 1.54) is 6.20 Å². The van der Waals surface area contributed by atoms with E-state index in [0.29, 0.717) is 31.1 Å². The van der Waals surface area contributed by atoms with Crippen molar-refractivity contribution < 1.29 is 27.4 Å². The Morgan fingerprint density at radius 2 is 1.84 bits per heavy atom. The molecule has 2 aromatic heterocycles. The van der Waals surface area contributed by atoms with Gasteiger partial charge in [0.25, 0.3) is 5.91 Å². The van der Waals surface area contributed by atoms with Crippen molar-refractivity contribution in [1.82, 2.24) is 19.7 Å². The van der Waals surface area contributed by atoms with Crippen LogP contribution in [0.15, 0.2) is 42.9 Å². The predicted octanol–water partition coefficient (Wildman–Crippen LogP) is 4.60. The highest BCUT2D eigenvalue weighted by Crippen LogP contribution is 2.37. The fourth-order valence-corrected chi connectivity index (χ4v) is 4.42. The number of amides is 1. The van der Waals surface area contributed by atoms with Gasteiger partial charge in [0.15, 0.2) is 0 Å². The number of aromatic nitrogens is 4. The average Bonchev–Trinajstić information content (AvgIpc) is 3.36. The van der Waals surface area contributed by atoms with Gasteiger partial charge in [-0.05, 0) is 51.0 Å². The number of benzene rings is 1. The molecule has 0 radical (unpaired) electrons. The first kappa shape index (κ1) is 25.2. The van der Waals surface area contributed by atoms with Gasteiger partial charge in [0.1, 0.15) is 12.2 Å². The van der Waals surface area contributed by atoms with Crippen molar-refractivity contribution in [3.05, 3.63) is 48.4 Å². The highest BCUT2D eigenvalue weighted by Gasteiger charge is 2.36. The highest BCUT2D eigenvalue weighted by molar-refractivity contribution is 5.95. The zero-order valence-electron chi connectivity index (χ0n) is 20.5. The van der Waals surface area contributed by atoms with Crippen molar-refractivity contribution in [1.29, 1.82) is 0 Å². The molecule has 0 atom stereocenters. The lowest BCUT2D eigenvalue weighted by molar-refractivity contribution is -0.137. The molecule has 0 bridgehead atoms. The molecule has 196 valence electrons. The molecule has 2 aliphatic rings. The van der Waals surface area contributed by atoms with Crippen LogP contribution in [0.2, 0.25) is 0 Å². The third-order valence-corrected chi connectivity index (χ3v) is 6.40. The third-order valence-electron chi connectivity index (χ3n) is 6.40. The molecule has 2 aliphatic heterocycles. The molecule has 1 N–H and O–H groups in total. The molecule has 1 amide bonds. The second-order valence-electron chi connectivity index (χ2n) is 9.71. The molecule has 0 spiro atoms. The second-order valence-corrected chi connectivity index (χ2v) is 9.71. The smallest absolute Gasteiger partial charge is 0.381 e. The summed E-state index contributed by atoms with van der Waals surface area (Å²) in [5.41, 5.74) is -0.134. The maximum Gasteiger partial charge on any atom is 0.419 e. The third kappa shape index (κ3) is 5.59. The summed E-state index contributed by atoms with van der Waals surface area (Å²) in [6.45, 7) is 5.41. The van der Waals surface area contributed by atoms with E-state index in [0.717, 1.165) is 19.0 Å². The maximum absolute atomic E-state index is 13.8. The summed E-state index contributed by atoms with van der Waals surface area (Å²) in [6, 6.07) is 7.01. The zero-order valence-corrected chi connectivity index (χ0v) is 20.5. The summed E-state index contributed by atoms with van der Waals surface area (Å²) in [7, 11) is 0. The van der Waals surface area contributed by atoms with Crippen molar-refractivity contribution in [3.8, 4) is 11.3 Å². The SMILES string of the molecule is CC1(C)CN(c2ccc(Nc3ncc(C(F)(F)F)c(-c4cnn(C5CCOCC5)c4)n3)cc2)C(=O)CO1. The maximum atomic E-state index is 13.8. The quantitative estimate of drug-likeness (QED) is 0.530. The molecule has 1 aromatic carbocycles. The standard InChI is InChI=1S/C25H27F3N6O3/c1-24(2)15-33(21(35)14-37-24)18-5-3-17(4-6-18)31-23-29-12-20(25(26,27)28)22(32-23)16-11-30-34(13-16)19-7-9-36-10-8-19/h3-6,11-13,19H,7-10,14-15H2,1-2H3,(H,29,31,32). The topological polar surface area (TPSA) is 94.4 Å². The first-order valence-corrected chi connectivity index (χ1v) is 12.0. The number of hydrogen-bond donors (Lipinski definition) is 1. The minimum atomic E-state index is -4.63. The Morgan fingerprint density at radius 3 is 2.54 bits per heavy atom. The fourth-order valence-electron chi connectivity index (χ4n) is 4.42. The molecule has 0 aliphatic carbocycles. The Kier molecular flexibility index (Phi) is 6.63. The molecule has 0 unspecified atom stereocenters. The molecule has 5 rings (SSSR count). The van der Waals surface area contributed by atoms with Gasteiger partial charge < -0.3 is 19.7 Å². The Bertz CT molecular complexity index is 1270. The number of anilines is 3. The van der Waals surface area contributed by atoms with E-state index in [1.807, 2.05) is 13.8 Å². The molecule has 2 saturated heterocycles. The Morgan fingerprint density at radius 1 is 1.11 bits per heavy atom. The van der Waals surface area contributed by atoms with E-state index < -0.39 is 17.3 Å². The van der Waals surface area contributed by atoms with Gasteiger partial charge in [-0.1, -0.05) is 0 Å². The average molecular weight is 517 g/mol. The molecule has 37 heavy (non-hydrogen) atoms. The summed E-state index contributed by atoms with van der Waals surface area (Å²) in [6.07, 6.45) is 0.619. The van der Waals surface area contributed by atoms with Gasteiger partial charge in [-0.2, -0.15) is 18.3 Å². The molecule has 4 heterocycles. The van der Waals surface area contributed by atoms with E-state index >= 15 is 0 Å². The highest BCUT2D eigenvalue weighted by atomic mass is 19.4. The normalized spacial score (nSPS) is 18.7. The van der Waals surface area contributed by atoms with Gasteiger partial charge in [0, 0.05) is 42.5 Å². The number of nitrogens with one attached hydrogen (secondary N) is 1. The number of morpholine rings is 1. The van der Waals surface area contributed by atoms with Crippen LogP contribution >= 0.6 is 0 Å². The van der Waals surface area contributed by atoms with E-state index in [-0.39, 0.29) is 35.8 Å². The van der Waals surface area contributed by atoms with Crippen LogP contribution in [0, 0.1) is 0 Å². The number of ether oxygens (including phenoxy) is 2. The predicted molar refractivity (Wildman–Crippen MR) is 129 cm³/mol. The van der Waals surface area contributed by atoms with Gasteiger partial charge in [-0.15, -0.1) is 0 Å². The van der Waals surface area contributed by atoms with Crippen molar-refractivity contribution in [3.63, 3.8) is 0 Å². The van der Waals surface area contributed by atoms with Gasteiger partial charge >= 0.3 is 6.18 Å². The van der Waals surface area contributed by atoms with E-state index in [2.05, 4.69) is 20.4 Å². The van der Waals surface area contributed by atoms with Crippen LogP contribution in [-0.2, 0) is 20.4 Å². The summed E-state index contributed by atoms with van der Waals surface area (Å²) < 4.78 is 53.9.